The summed E-state index contributed by atoms with van der Waals surface area (Å²) in [5.41, 5.74) is 3.34. The normalized spacial score (nSPS) is 16.6. The Morgan fingerprint density at radius 3 is 2.21 bits per heavy atom. The minimum Gasteiger partial charge on any atom is -0.468 e. The summed E-state index contributed by atoms with van der Waals surface area (Å²) < 4.78 is 8.67. The molecule has 82 valence electrons. The second-order valence-electron chi connectivity index (χ2n) is 2.77. The summed E-state index contributed by atoms with van der Waals surface area (Å²) in [5.74, 6) is -1.81. The predicted octanol–water partition coefficient (Wildman–Crippen LogP) is -1.20. The van der Waals surface area contributed by atoms with Gasteiger partial charge in [0.2, 0.25) is 0 Å². The topological polar surface area (TPSA) is 98.9 Å². The fourth-order valence-corrected chi connectivity index (χ4v) is 0.990. The molecule has 0 aliphatic carbocycles. The molecule has 0 aliphatic heterocycles. The van der Waals surface area contributed by atoms with Crippen LogP contribution in [0.4, 0.5) is 0 Å². The highest BCUT2D eigenvalue weighted by Crippen LogP contribution is 2.16. The van der Waals surface area contributed by atoms with E-state index in [1.54, 1.807) is 0 Å². The Morgan fingerprint density at radius 2 is 1.93 bits per heavy atom. The van der Waals surface area contributed by atoms with Crippen molar-refractivity contribution in [3.8, 4) is 0 Å². The summed E-state index contributed by atoms with van der Waals surface area (Å²) in [5, 5.41) is 9.76. The van der Waals surface area contributed by atoms with Crippen LogP contribution in [-0.4, -0.2) is 42.9 Å². The lowest BCUT2D eigenvalue weighted by Gasteiger charge is -2.27. The molecule has 0 aliphatic rings. The molecule has 14 heavy (non-hydrogen) atoms. The van der Waals surface area contributed by atoms with Gasteiger partial charge in [-0.3, -0.25) is 4.79 Å². The molecular formula is C8H15NO5. The van der Waals surface area contributed by atoms with Crippen molar-refractivity contribution < 1.29 is 24.2 Å². The van der Waals surface area contributed by atoms with E-state index in [9.17, 15) is 14.7 Å². The minimum absolute atomic E-state index is 0.0318. The molecule has 2 atom stereocenters. The summed E-state index contributed by atoms with van der Waals surface area (Å²) >= 11 is 0. The number of carbonyl (C=O) groups is 2. The fraction of sp³-hybridized carbons (Fsp3) is 0.750. The maximum Gasteiger partial charge on any atom is 0.340 e. The van der Waals surface area contributed by atoms with Crippen LogP contribution in [-0.2, 0) is 19.1 Å². The zero-order valence-corrected chi connectivity index (χ0v) is 8.44. The van der Waals surface area contributed by atoms with E-state index in [-0.39, 0.29) is 6.42 Å². The third-order valence-corrected chi connectivity index (χ3v) is 2.05. The lowest BCUT2D eigenvalue weighted by Crippen LogP contribution is -2.58. The Hall–Kier alpha value is -1.14. The van der Waals surface area contributed by atoms with Gasteiger partial charge >= 0.3 is 11.9 Å². The Kier molecular flexibility index (Phi) is 4.52. The number of esters is 2. The van der Waals surface area contributed by atoms with Gasteiger partial charge in [-0.2, -0.15) is 0 Å². The lowest BCUT2D eigenvalue weighted by molar-refractivity contribution is -0.172. The highest BCUT2D eigenvalue weighted by molar-refractivity contribution is 5.89. The van der Waals surface area contributed by atoms with Crippen molar-refractivity contribution in [2.24, 2.45) is 5.73 Å². The first-order valence-electron chi connectivity index (χ1n) is 4.08. The first-order valence-corrected chi connectivity index (χ1v) is 4.08. The van der Waals surface area contributed by atoms with E-state index >= 15 is 0 Å². The number of ether oxygens (including phenoxy) is 2. The number of rotatable bonds is 4. The molecule has 2 unspecified atom stereocenters. The van der Waals surface area contributed by atoms with Crippen molar-refractivity contribution in [1.29, 1.82) is 0 Å². The van der Waals surface area contributed by atoms with Gasteiger partial charge in [0.15, 0.2) is 5.60 Å². The molecule has 0 rings (SSSR count). The third kappa shape index (κ3) is 2.21. The van der Waals surface area contributed by atoms with Crippen LogP contribution in [0.15, 0.2) is 0 Å². The highest BCUT2D eigenvalue weighted by Gasteiger charge is 2.46. The zero-order chi connectivity index (χ0) is 11.4. The van der Waals surface area contributed by atoms with Crippen molar-refractivity contribution in [2.75, 3.05) is 14.2 Å². The summed E-state index contributed by atoms with van der Waals surface area (Å²) in [6, 6.07) is -1.44. The van der Waals surface area contributed by atoms with E-state index in [4.69, 9.17) is 5.73 Å². The van der Waals surface area contributed by atoms with Gasteiger partial charge in [-0.05, 0) is 6.42 Å². The summed E-state index contributed by atoms with van der Waals surface area (Å²) in [7, 11) is 2.22. The monoisotopic (exact) mass is 205 g/mol. The molecule has 0 aromatic carbocycles. The van der Waals surface area contributed by atoms with Crippen molar-refractivity contribution in [3.05, 3.63) is 0 Å². The Balaban J connectivity index is 4.84. The largest absolute Gasteiger partial charge is 0.468 e. The van der Waals surface area contributed by atoms with Crippen LogP contribution in [0.3, 0.4) is 0 Å². The lowest BCUT2D eigenvalue weighted by atomic mass is 9.92. The number of nitrogens with two attached hydrogens (primary N) is 1. The molecule has 0 amide bonds. The molecular weight excluding hydrogens is 190 g/mol. The van der Waals surface area contributed by atoms with Gasteiger partial charge in [0.1, 0.15) is 6.04 Å². The van der Waals surface area contributed by atoms with E-state index in [0.29, 0.717) is 0 Å². The molecule has 6 heteroatoms. The van der Waals surface area contributed by atoms with E-state index in [1.165, 1.54) is 6.92 Å². The van der Waals surface area contributed by atoms with E-state index < -0.39 is 23.6 Å². The molecule has 0 spiro atoms. The second kappa shape index (κ2) is 4.92. The average Bonchev–Trinajstić information content (AvgIpc) is 2.24. The van der Waals surface area contributed by atoms with Gasteiger partial charge in [0.25, 0.3) is 0 Å². The quantitative estimate of drug-likeness (QED) is 0.559. The zero-order valence-electron chi connectivity index (χ0n) is 8.44. The van der Waals surface area contributed by atoms with Crippen LogP contribution in [0.5, 0.6) is 0 Å². The standard InChI is InChI=1S/C8H15NO5/c1-4-8(12,7(11)14-3)5(9)6(10)13-2/h5,12H,4,9H2,1-3H3. The smallest absolute Gasteiger partial charge is 0.340 e. The van der Waals surface area contributed by atoms with E-state index in [2.05, 4.69) is 9.47 Å². The first-order chi connectivity index (χ1) is 6.43. The molecule has 0 radical (unpaired) electrons. The van der Waals surface area contributed by atoms with Gasteiger partial charge in [0.05, 0.1) is 14.2 Å². The molecule has 3 N–H and O–H groups in total. The van der Waals surface area contributed by atoms with Gasteiger partial charge in [-0.1, -0.05) is 6.92 Å². The second-order valence-corrected chi connectivity index (χ2v) is 2.77. The summed E-state index contributed by atoms with van der Waals surface area (Å²) in [4.78, 5) is 22.2. The van der Waals surface area contributed by atoms with Crippen LogP contribution in [0.2, 0.25) is 0 Å². The molecule has 0 heterocycles. The Morgan fingerprint density at radius 1 is 1.43 bits per heavy atom. The number of hydrogen-bond acceptors (Lipinski definition) is 6. The van der Waals surface area contributed by atoms with Crippen LogP contribution in [0.25, 0.3) is 0 Å². The van der Waals surface area contributed by atoms with E-state index in [1.807, 2.05) is 0 Å². The Labute approximate surface area is 82.0 Å². The maximum absolute atomic E-state index is 11.2. The Bertz CT molecular complexity index is 230. The molecule has 0 bridgehead atoms. The van der Waals surface area contributed by atoms with E-state index in [0.717, 1.165) is 14.2 Å². The van der Waals surface area contributed by atoms with Crippen molar-refractivity contribution >= 4 is 11.9 Å². The van der Waals surface area contributed by atoms with Crippen molar-refractivity contribution in [3.63, 3.8) is 0 Å². The predicted molar refractivity (Wildman–Crippen MR) is 47.2 cm³/mol. The number of methoxy groups -OCH3 is 2. The van der Waals surface area contributed by atoms with Crippen LogP contribution >= 0.6 is 0 Å². The first kappa shape index (κ1) is 12.9. The number of carbonyl (C=O) groups excluding carboxylic acids is 2. The van der Waals surface area contributed by atoms with Crippen LogP contribution < -0.4 is 5.73 Å². The molecule has 0 saturated carbocycles. The van der Waals surface area contributed by atoms with Crippen molar-refractivity contribution in [1.82, 2.24) is 0 Å². The summed E-state index contributed by atoms with van der Waals surface area (Å²) in [6.07, 6.45) is -0.0318. The molecule has 0 aromatic rings. The van der Waals surface area contributed by atoms with Gasteiger partial charge in [0, 0.05) is 0 Å². The van der Waals surface area contributed by atoms with Gasteiger partial charge in [-0.25, -0.2) is 4.79 Å². The van der Waals surface area contributed by atoms with Crippen molar-refractivity contribution in [2.45, 2.75) is 25.0 Å². The number of aliphatic hydroxyl groups is 1. The van der Waals surface area contributed by atoms with Crippen LogP contribution in [0.1, 0.15) is 13.3 Å². The number of hydrogen-bond donors (Lipinski definition) is 2. The molecule has 6 nitrogen and oxygen atoms in total. The maximum atomic E-state index is 11.2. The van der Waals surface area contributed by atoms with Crippen LogP contribution in [0, 0.1) is 0 Å². The summed E-state index contributed by atoms with van der Waals surface area (Å²) in [6.45, 7) is 1.51. The minimum atomic E-state index is -2.03. The third-order valence-electron chi connectivity index (χ3n) is 2.05. The molecule has 0 aromatic heterocycles. The average molecular weight is 205 g/mol. The van der Waals surface area contributed by atoms with Gasteiger partial charge < -0.3 is 20.3 Å². The fourth-order valence-electron chi connectivity index (χ4n) is 0.990. The highest BCUT2D eigenvalue weighted by atomic mass is 16.5. The molecule has 0 saturated heterocycles. The molecule has 0 fully saturated rings. The SMILES string of the molecule is CCC(O)(C(=O)OC)C(N)C(=O)OC. The van der Waals surface area contributed by atoms with Gasteiger partial charge in [-0.15, -0.1) is 0 Å².